The molecule has 9 heteroatoms. The molecule has 0 saturated carbocycles. The van der Waals surface area contributed by atoms with Gasteiger partial charge in [0.25, 0.3) is 0 Å². The molecule has 96 valence electrons. The van der Waals surface area contributed by atoms with Gasteiger partial charge in [0.15, 0.2) is 0 Å². The largest absolute Gasteiger partial charge is 0.451 e. The van der Waals surface area contributed by atoms with Gasteiger partial charge in [0.1, 0.15) is 17.5 Å². The van der Waals surface area contributed by atoms with Crippen LogP contribution in [0.4, 0.5) is 19.0 Å². The Morgan fingerprint density at radius 1 is 1.33 bits per heavy atom. The Balaban J connectivity index is 2.58. The first-order valence-electron chi connectivity index (χ1n) is 4.85. The van der Waals surface area contributed by atoms with Crippen LogP contribution in [0.2, 0.25) is 0 Å². The van der Waals surface area contributed by atoms with Crippen molar-refractivity contribution < 1.29 is 13.2 Å². The van der Waals surface area contributed by atoms with Crippen LogP contribution in [0.25, 0.3) is 5.82 Å². The Kier molecular flexibility index (Phi) is 2.91. The summed E-state index contributed by atoms with van der Waals surface area (Å²) in [7, 11) is 0. The average molecular weight is 258 g/mol. The van der Waals surface area contributed by atoms with Crippen molar-refractivity contribution in [3.63, 3.8) is 0 Å². The van der Waals surface area contributed by atoms with Crippen molar-refractivity contribution in [3.8, 4) is 5.82 Å². The molecule has 0 bridgehead atoms. The summed E-state index contributed by atoms with van der Waals surface area (Å²) in [4.78, 5) is 10.6. The van der Waals surface area contributed by atoms with Crippen molar-refractivity contribution in [2.75, 3.05) is 5.43 Å². The number of hydrogen-bond acceptors (Lipinski definition) is 5. The molecule has 0 aliphatic rings. The number of nitrogens with two attached hydrogens (primary N) is 1. The highest BCUT2D eigenvalue weighted by atomic mass is 19.4. The van der Waals surface area contributed by atoms with E-state index in [1.165, 1.54) is 23.0 Å². The standard InChI is InChI=1S/C9H9F3N6/c1-5-14-2-3-18(5)7-4-6(17-13)15-8(16-7)9(10,11)12/h2-4H,13H2,1H3,(H,15,16,17). The van der Waals surface area contributed by atoms with Gasteiger partial charge < -0.3 is 5.43 Å². The van der Waals surface area contributed by atoms with E-state index in [2.05, 4.69) is 20.4 Å². The molecule has 3 N–H and O–H groups in total. The molecule has 0 atom stereocenters. The topological polar surface area (TPSA) is 81.7 Å². The molecule has 2 aromatic heterocycles. The number of aromatic nitrogens is 4. The molecule has 6 nitrogen and oxygen atoms in total. The number of halogens is 3. The van der Waals surface area contributed by atoms with E-state index in [1.807, 2.05) is 0 Å². The van der Waals surface area contributed by atoms with Gasteiger partial charge in [-0.2, -0.15) is 13.2 Å². The van der Waals surface area contributed by atoms with Gasteiger partial charge in [0.2, 0.25) is 5.82 Å². The number of imidazole rings is 1. The summed E-state index contributed by atoms with van der Waals surface area (Å²) in [6.07, 6.45) is -1.69. The third kappa shape index (κ3) is 2.25. The number of anilines is 1. The molecule has 2 rings (SSSR count). The highest BCUT2D eigenvalue weighted by molar-refractivity contribution is 5.41. The van der Waals surface area contributed by atoms with Gasteiger partial charge in [-0.15, -0.1) is 0 Å². The lowest BCUT2D eigenvalue weighted by Gasteiger charge is -2.10. The minimum absolute atomic E-state index is 0.0419. The highest BCUT2D eigenvalue weighted by Crippen LogP contribution is 2.27. The van der Waals surface area contributed by atoms with E-state index in [1.54, 1.807) is 6.92 Å². The third-order valence-electron chi connectivity index (χ3n) is 2.19. The summed E-state index contributed by atoms with van der Waals surface area (Å²) in [5, 5.41) is 0. The summed E-state index contributed by atoms with van der Waals surface area (Å²) < 4.78 is 39.2. The number of alkyl halides is 3. The number of nitrogens with one attached hydrogen (secondary N) is 1. The molecular formula is C9H9F3N6. The summed E-state index contributed by atoms with van der Waals surface area (Å²) in [6.45, 7) is 1.64. The van der Waals surface area contributed by atoms with E-state index in [0.29, 0.717) is 5.82 Å². The van der Waals surface area contributed by atoms with Crippen LogP contribution in [0.1, 0.15) is 11.6 Å². The number of rotatable bonds is 2. The Morgan fingerprint density at radius 3 is 2.56 bits per heavy atom. The van der Waals surface area contributed by atoms with Crippen LogP contribution < -0.4 is 11.3 Å². The first kappa shape index (κ1) is 12.3. The Morgan fingerprint density at radius 2 is 2.06 bits per heavy atom. The molecule has 0 radical (unpaired) electrons. The zero-order chi connectivity index (χ0) is 13.3. The molecule has 2 aromatic rings. The number of nitrogens with zero attached hydrogens (tertiary/aromatic N) is 4. The maximum absolute atomic E-state index is 12.6. The predicted molar refractivity (Wildman–Crippen MR) is 56.7 cm³/mol. The molecule has 0 spiro atoms. The SMILES string of the molecule is Cc1nccn1-c1cc(NN)nc(C(F)(F)F)n1. The lowest BCUT2D eigenvalue weighted by Crippen LogP contribution is -2.17. The molecule has 0 aliphatic carbocycles. The van der Waals surface area contributed by atoms with Gasteiger partial charge in [-0.1, -0.05) is 0 Å². The van der Waals surface area contributed by atoms with Crippen molar-refractivity contribution in [2.24, 2.45) is 5.84 Å². The van der Waals surface area contributed by atoms with E-state index in [0.717, 1.165) is 0 Å². The minimum atomic E-state index is -4.64. The lowest BCUT2D eigenvalue weighted by atomic mass is 10.4. The Hall–Kier alpha value is -2.16. The van der Waals surface area contributed by atoms with Crippen LogP contribution in [0.3, 0.4) is 0 Å². The van der Waals surface area contributed by atoms with Crippen molar-refractivity contribution in [3.05, 3.63) is 30.1 Å². The maximum atomic E-state index is 12.6. The van der Waals surface area contributed by atoms with E-state index in [9.17, 15) is 13.2 Å². The normalized spacial score (nSPS) is 11.6. The van der Waals surface area contributed by atoms with Crippen LogP contribution in [0.5, 0.6) is 0 Å². The molecule has 2 heterocycles. The predicted octanol–water partition coefficient (Wildman–Crippen LogP) is 1.28. The minimum Gasteiger partial charge on any atom is -0.308 e. The van der Waals surface area contributed by atoms with Crippen molar-refractivity contribution in [1.82, 2.24) is 19.5 Å². The van der Waals surface area contributed by atoms with Gasteiger partial charge in [-0.3, -0.25) is 4.57 Å². The van der Waals surface area contributed by atoms with Crippen LogP contribution >= 0.6 is 0 Å². The van der Waals surface area contributed by atoms with Gasteiger partial charge in [-0.25, -0.2) is 20.8 Å². The zero-order valence-electron chi connectivity index (χ0n) is 9.23. The van der Waals surface area contributed by atoms with Crippen molar-refractivity contribution >= 4 is 5.82 Å². The Labute approximate surface area is 99.7 Å². The second-order valence-electron chi connectivity index (χ2n) is 3.42. The molecule has 0 saturated heterocycles. The molecule has 0 amide bonds. The smallest absolute Gasteiger partial charge is 0.308 e. The van der Waals surface area contributed by atoms with E-state index in [-0.39, 0.29) is 11.6 Å². The monoisotopic (exact) mass is 258 g/mol. The second kappa shape index (κ2) is 4.26. The molecule has 0 aromatic carbocycles. The van der Waals surface area contributed by atoms with Crippen molar-refractivity contribution in [2.45, 2.75) is 13.1 Å². The number of nitrogen functional groups attached to an aromatic ring is 1. The first-order chi connectivity index (χ1) is 8.41. The van der Waals surface area contributed by atoms with Crippen LogP contribution in [-0.4, -0.2) is 19.5 Å². The zero-order valence-corrected chi connectivity index (χ0v) is 9.23. The fourth-order valence-corrected chi connectivity index (χ4v) is 1.38. The first-order valence-corrected chi connectivity index (χ1v) is 4.85. The number of hydrogen-bond donors (Lipinski definition) is 2. The summed E-state index contributed by atoms with van der Waals surface area (Å²) in [5.41, 5.74) is 2.08. The number of aryl methyl sites for hydroxylation is 1. The lowest BCUT2D eigenvalue weighted by molar-refractivity contribution is -0.144. The van der Waals surface area contributed by atoms with E-state index >= 15 is 0 Å². The molecular weight excluding hydrogens is 249 g/mol. The molecule has 0 aliphatic heterocycles. The fraction of sp³-hybridized carbons (Fsp3) is 0.222. The molecule has 0 fully saturated rings. The Bertz CT molecular complexity index is 562. The second-order valence-corrected chi connectivity index (χ2v) is 3.42. The van der Waals surface area contributed by atoms with Gasteiger partial charge in [0, 0.05) is 18.5 Å². The van der Waals surface area contributed by atoms with Crippen molar-refractivity contribution in [1.29, 1.82) is 0 Å². The third-order valence-corrected chi connectivity index (χ3v) is 2.19. The number of hydrazine groups is 1. The van der Waals surface area contributed by atoms with Crippen LogP contribution in [0.15, 0.2) is 18.5 Å². The summed E-state index contributed by atoms with van der Waals surface area (Å²) in [6, 6.07) is 1.30. The molecule has 18 heavy (non-hydrogen) atoms. The van der Waals surface area contributed by atoms with Crippen LogP contribution in [0, 0.1) is 6.92 Å². The maximum Gasteiger partial charge on any atom is 0.451 e. The quantitative estimate of drug-likeness (QED) is 0.626. The van der Waals surface area contributed by atoms with E-state index < -0.39 is 12.0 Å². The summed E-state index contributed by atoms with van der Waals surface area (Å²) in [5.74, 6) is 4.25. The van der Waals surface area contributed by atoms with Gasteiger partial charge >= 0.3 is 6.18 Å². The average Bonchev–Trinajstić information content (AvgIpc) is 2.73. The van der Waals surface area contributed by atoms with E-state index in [4.69, 9.17) is 5.84 Å². The van der Waals surface area contributed by atoms with Crippen LogP contribution in [-0.2, 0) is 6.18 Å². The highest BCUT2D eigenvalue weighted by Gasteiger charge is 2.35. The molecule has 0 unspecified atom stereocenters. The summed E-state index contributed by atoms with van der Waals surface area (Å²) >= 11 is 0. The fourth-order valence-electron chi connectivity index (χ4n) is 1.38. The van der Waals surface area contributed by atoms with Gasteiger partial charge in [-0.05, 0) is 6.92 Å². The van der Waals surface area contributed by atoms with Gasteiger partial charge in [0.05, 0.1) is 0 Å².